The third-order valence-electron chi connectivity index (χ3n) is 3.98. The molecule has 0 unspecified atom stereocenters. The highest BCUT2D eigenvalue weighted by Crippen LogP contribution is 2.36. The minimum absolute atomic E-state index is 0.138. The van der Waals surface area contributed by atoms with Crippen molar-refractivity contribution in [2.75, 3.05) is 7.11 Å². The highest BCUT2D eigenvalue weighted by atomic mass is 16.6. The molecule has 0 saturated carbocycles. The van der Waals surface area contributed by atoms with Gasteiger partial charge in [0.2, 0.25) is 11.0 Å². The second-order valence-electron chi connectivity index (χ2n) is 5.11. The lowest BCUT2D eigenvalue weighted by Gasteiger charge is -2.07. The van der Waals surface area contributed by atoms with Crippen molar-refractivity contribution in [1.29, 1.82) is 0 Å². The molecule has 0 fully saturated rings. The van der Waals surface area contributed by atoms with Crippen LogP contribution in [0.3, 0.4) is 0 Å². The zero-order chi connectivity index (χ0) is 16.1. The zero-order valence-electron chi connectivity index (χ0n) is 12.1. The van der Waals surface area contributed by atoms with Gasteiger partial charge < -0.3 is 10.0 Å². The topological polar surface area (TPSA) is 84.2 Å². The number of nitrogens with zero attached hydrogens (tertiary/aromatic N) is 3. The van der Waals surface area contributed by atoms with Gasteiger partial charge >= 0.3 is 5.69 Å². The molecular weight excluding hydrogens is 298 g/mol. The number of hydrogen-bond acceptors (Lipinski definition) is 4. The SMILES string of the molecule is COn1c2ccccc2c2c1c([N+](=O)[O-])c1ccccc1[n+]2[O-]. The Balaban J connectivity index is 2.44. The molecule has 0 aliphatic rings. The fourth-order valence-electron chi connectivity index (χ4n) is 3.08. The number of aromatic nitrogens is 2. The molecule has 0 amide bonds. The summed E-state index contributed by atoms with van der Waals surface area (Å²) in [4.78, 5) is 16.6. The molecule has 2 heterocycles. The van der Waals surface area contributed by atoms with Gasteiger partial charge in [0, 0.05) is 6.07 Å². The Labute approximate surface area is 129 Å². The van der Waals surface area contributed by atoms with Crippen molar-refractivity contribution in [2.24, 2.45) is 0 Å². The van der Waals surface area contributed by atoms with Crippen LogP contribution in [-0.2, 0) is 0 Å². The summed E-state index contributed by atoms with van der Waals surface area (Å²) in [5, 5.41) is 25.4. The van der Waals surface area contributed by atoms with Crippen molar-refractivity contribution in [2.45, 2.75) is 0 Å². The summed E-state index contributed by atoms with van der Waals surface area (Å²) in [6.07, 6.45) is 0. The van der Waals surface area contributed by atoms with Crippen LogP contribution >= 0.6 is 0 Å². The van der Waals surface area contributed by atoms with Gasteiger partial charge in [0.1, 0.15) is 12.5 Å². The molecule has 2 aromatic carbocycles. The average molecular weight is 309 g/mol. The Kier molecular flexibility index (Phi) is 2.65. The monoisotopic (exact) mass is 309 g/mol. The van der Waals surface area contributed by atoms with Gasteiger partial charge in [-0.25, -0.2) is 0 Å². The van der Waals surface area contributed by atoms with Gasteiger partial charge in [-0.15, -0.1) is 0 Å². The predicted molar refractivity (Wildman–Crippen MR) is 85.1 cm³/mol. The highest BCUT2D eigenvalue weighted by molar-refractivity contribution is 6.11. The maximum atomic E-state index is 12.8. The van der Waals surface area contributed by atoms with E-state index >= 15 is 0 Å². The Hall–Kier alpha value is -3.35. The van der Waals surface area contributed by atoms with Crippen LogP contribution in [0, 0.1) is 15.3 Å². The lowest BCUT2D eigenvalue weighted by molar-refractivity contribution is -0.547. The number of rotatable bonds is 2. The molecule has 0 saturated heterocycles. The molecule has 0 radical (unpaired) electrons. The van der Waals surface area contributed by atoms with Crippen molar-refractivity contribution in [3.05, 3.63) is 63.9 Å². The fraction of sp³-hybridized carbons (Fsp3) is 0.0625. The molecule has 4 rings (SSSR count). The smallest absolute Gasteiger partial charge is 0.317 e. The maximum Gasteiger partial charge on any atom is 0.317 e. The normalized spacial score (nSPS) is 11.3. The number of fused-ring (bicyclic) bond motifs is 4. The number of para-hydroxylation sites is 2. The van der Waals surface area contributed by atoms with Gasteiger partial charge in [0.15, 0.2) is 0 Å². The van der Waals surface area contributed by atoms with E-state index < -0.39 is 4.92 Å². The molecule has 4 aromatic rings. The molecule has 0 bridgehead atoms. The van der Waals surface area contributed by atoms with E-state index in [-0.39, 0.29) is 27.6 Å². The zero-order valence-corrected chi connectivity index (χ0v) is 12.1. The lowest BCUT2D eigenvalue weighted by atomic mass is 10.1. The second kappa shape index (κ2) is 4.57. The molecule has 114 valence electrons. The van der Waals surface area contributed by atoms with E-state index in [0.717, 1.165) is 4.73 Å². The average Bonchev–Trinajstić information content (AvgIpc) is 2.89. The van der Waals surface area contributed by atoms with Crippen molar-refractivity contribution >= 4 is 38.5 Å². The van der Waals surface area contributed by atoms with Gasteiger partial charge in [-0.1, -0.05) is 24.3 Å². The molecule has 0 aliphatic heterocycles. The summed E-state index contributed by atoms with van der Waals surface area (Å²) < 4.78 is 2.07. The molecule has 0 aliphatic carbocycles. The fourth-order valence-corrected chi connectivity index (χ4v) is 3.08. The Morgan fingerprint density at radius 3 is 2.43 bits per heavy atom. The van der Waals surface area contributed by atoms with Crippen molar-refractivity contribution in [1.82, 2.24) is 4.73 Å². The molecule has 23 heavy (non-hydrogen) atoms. The first-order valence-corrected chi connectivity index (χ1v) is 6.91. The van der Waals surface area contributed by atoms with Crippen LogP contribution in [0.4, 0.5) is 5.69 Å². The summed E-state index contributed by atoms with van der Waals surface area (Å²) in [6.45, 7) is 0. The van der Waals surface area contributed by atoms with Crippen molar-refractivity contribution in [3.63, 3.8) is 0 Å². The first kappa shape index (κ1) is 13.3. The highest BCUT2D eigenvalue weighted by Gasteiger charge is 2.31. The predicted octanol–water partition coefficient (Wildman–Crippen LogP) is 2.55. The molecule has 0 spiro atoms. The van der Waals surface area contributed by atoms with E-state index in [1.807, 2.05) is 0 Å². The van der Waals surface area contributed by atoms with Crippen LogP contribution in [0.1, 0.15) is 0 Å². The third kappa shape index (κ3) is 1.61. The largest absolute Gasteiger partial charge is 0.618 e. The van der Waals surface area contributed by atoms with E-state index in [9.17, 15) is 15.3 Å². The maximum absolute atomic E-state index is 12.8. The number of hydrogen-bond donors (Lipinski definition) is 0. The molecule has 0 atom stereocenters. The standard InChI is InChI=1S/C16H11N3O4/c1-23-18-13-9-5-3-7-11(13)14-16(18)15(19(21)22)10-6-2-4-8-12(10)17(14)20/h2-9H,1H3. The van der Waals surface area contributed by atoms with Crippen molar-refractivity contribution < 1.29 is 14.5 Å². The number of benzene rings is 2. The summed E-state index contributed by atoms with van der Waals surface area (Å²) in [7, 11) is 1.42. The van der Waals surface area contributed by atoms with Crippen LogP contribution in [0.15, 0.2) is 48.5 Å². The summed E-state index contributed by atoms with van der Waals surface area (Å²) >= 11 is 0. The van der Waals surface area contributed by atoms with Crippen LogP contribution in [0.5, 0.6) is 0 Å². The molecular formula is C16H11N3O4. The van der Waals surface area contributed by atoms with E-state index in [2.05, 4.69) is 0 Å². The quantitative estimate of drug-likeness (QED) is 0.246. The first-order valence-electron chi connectivity index (χ1n) is 6.91. The minimum Gasteiger partial charge on any atom is -0.618 e. The van der Waals surface area contributed by atoms with E-state index in [1.165, 1.54) is 11.8 Å². The van der Waals surface area contributed by atoms with Gasteiger partial charge in [-0.3, -0.25) is 10.1 Å². The third-order valence-corrected chi connectivity index (χ3v) is 3.98. The van der Waals surface area contributed by atoms with Crippen LogP contribution < -0.4 is 9.57 Å². The minimum atomic E-state index is -0.473. The number of pyridine rings is 1. The molecule has 2 aromatic heterocycles. The van der Waals surface area contributed by atoms with Crippen LogP contribution in [0.2, 0.25) is 0 Å². The summed E-state index contributed by atoms with van der Waals surface area (Å²) in [5.41, 5.74) is 1.11. The van der Waals surface area contributed by atoms with E-state index in [4.69, 9.17) is 4.84 Å². The van der Waals surface area contributed by atoms with E-state index in [0.29, 0.717) is 10.9 Å². The van der Waals surface area contributed by atoms with Crippen LogP contribution in [-0.4, -0.2) is 16.8 Å². The van der Waals surface area contributed by atoms with E-state index in [1.54, 1.807) is 48.5 Å². The van der Waals surface area contributed by atoms with Crippen molar-refractivity contribution in [3.8, 4) is 0 Å². The lowest BCUT2D eigenvalue weighted by Crippen LogP contribution is -2.28. The molecule has 0 N–H and O–H groups in total. The number of nitro groups is 1. The summed E-state index contributed by atoms with van der Waals surface area (Å²) in [6, 6.07) is 13.6. The molecule has 7 heteroatoms. The van der Waals surface area contributed by atoms with Gasteiger partial charge in [-0.05, 0) is 18.2 Å². The van der Waals surface area contributed by atoms with Crippen LogP contribution in [0.25, 0.3) is 32.8 Å². The summed E-state index contributed by atoms with van der Waals surface area (Å²) in [5.74, 6) is 0. The Morgan fingerprint density at radius 2 is 1.74 bits per heavy atom. The van der Waals surface area contributed by atoms with Gasteiger partial charge in [0.25, 0.3) is 5.52 Å². The Bertz CT molecular complexity index is 1100. The second-order valence-corrected chi connectivity index (χ2v) is 5.11. The Morgan fingerprint density at radius 1 is 1.09 bits per heavy atom. The molecule has 7 nitrogen and oxygen atoms in total. The first-order chi connectivity index (χ1) is 11.1. The van der Waals surface area contributed by atoms with Gasteiger partial charge in [0.05, 0.1) is 15.8 Å². The van der Waals surface area contributed by atoms with Gasteiger partial charge in [-0.2, -0.15) is 9.46 Å².